The third kappa shape index (κ3) is 6.01. The summed E-state index contributed by atoms with van der Waals surface area (Å²) in [6, 6.07) is 24.9. The molecular weight excluding hydrogens is 456 g/mol. The number of nitrogens with zero attached hydrogens (tertiary/aromatic N) is 2. The molecule has 36 heavy (non-hydrogen) atoms. The number of aromatic nitrogens is 2. The molecule has 0 amide bonds. The van der Waals surface area contributed by atoms with Crippen molar-refractivity contribution < 1.29 is 14.6 Å². The smallest absolute Gasteiger partial charge is 0.231 e. The number of nitrogen functional groups attached to an aromatic ring is 1. The van der Waals surface area contributed by atoms with E-state index in [1.807, 2.05) is 60.7 Å². The Kier molecular flexibility index (Phi) is 8.17. The van der Waals surface area contributed by atoms with E-state index in [9.17, 15) is 5.11 Å². The van der Waals surface area contributed by atoms with Gasteiger partial charge in [-0.05, 0) is 35.4 Å². The Labute approximate surface area is 210 Å². The van der Waals surface area contributed by atoms with Crippen LogP contribution in [-0.4, -0.2) is 35.8 Å². The van der Waals surface area contributed by atoms with Crippen molar-refractivity contribution in [1.82, 2.24) is 9.97 Å². The van der Waals surface area contributed by atoms with Crippen LogP contribution in [-0.2, 0) is 6.42 Å². The number of nitrogens with two attached hydrogens (primary N) is 1. The minimum atomic E-state index is -0.829. The second kappa shape index (κ2) is 11.9. The van der Waals surface area contributed by atoms with Gasteiger partial charge in [0.1, 0.15) is 5.82 Å². The van der Waals surface area contributed by atoms with Gasteiger partial charge < -0.3 is 30.6 Å². The number of nitrogens with one attached hydrogen (secondary N) is 3. The highest BCUT2D eigenvalue weighted by molar-refractivity contribution is 5.65. The Morgan fingerprint density at radius 1 is 0.861 bits per heavy atom. The Hall–Kier alpha value is -4.34. The summed E-state index contributed by atoms with van der Waals surface area (Å²) in [7, 11) is 3.13. The summed E-state index contributed by atoms with van der Waals surface area (Å²) in [5.41, 5.74) is 6.08. The first kappa shape index (κ1) is 24.8. The van der Waals surface area contributed by atoms with Crippen LogP contribution in [0.5, 0.6) is 11.5 Å². The van der Waals surface area contributed by atoms with Crippen molar-refractivity contribution in [2.24, 2.45) is 5.84 Å². The number of aliphatic hydroxyl groups excluding tert-OH is 1. The number of para-hydroxylation sites is 1. The lowest BCUT2D eigenvalue weighted by molar-refractivity contribution is 0.191. The molecule has 0 radical (unpaired) electrons. The lowest BCUT2D eigenvalue weighted by Gasteiger charge is -2.19. The van der Waals surface area contributed by atoms with E-state index in [0.29, 0.717) is 41.1 Å². The van der Waals surface area contributed by atoms with Crippen LogP contribution in [0.25, 0.3) is 0 Å². The van der Waals surface area contributed by atoms with Crippen molar-refractivity contribution in [1.29, 1.82) is 0 Å². The third-order valence-electron chi connectivity index (χ3n) is 5.65. The fourth-order valence-corrected chi connectivity index (χ4v) is 3.79. The SMILES string of the molecule is COc1ccc(C(O)CNc2nc(Nc3ccccc3)nc(NN)c2Cc2ccccc2)cc1OC. The zero-order valence-electron chi connectivity index (χ0n) is 20.2. The zero-order valence-corrected chi connectivity index (χ0v) is 20.2. The molecule has 1 atom stereocenters. The second-order valence-corrected chi connectivity index (χ2v) is 8.03. The van der Waals surface area contributed by atoms with Crippen molar-refractivity contribution in [2.75, 3.05) is 36.8 Å². The molecule has 4 aromatic rings. The molecule has 0 spiro atoms. The van der Waals surface area contributed by atoms with E-state index in [1.54, 1.807) is 32.4 Å². The van der Waals surface area contributed by atoms with Crippen molar-refractivity contribution in [3.05, 3.63) is 95.6 Å². The Bertz CT molecular complexity index is 1270. The average molecular weight is 487 g/mol. The number of benzene rings is 3. The number of anilines is 4. The largest absolute Gasteiger partial charge is 0.493 e. The van der Waals surface area contributed by atoms with Crippen LogP contribution in [0.15, 0.2) is 78.9 Å². The fourth-order valence-electron chi connectivity index (χ4n) is 3.79. The molecule has 4 rings (SSSR count). The van der Waals surface area contributed by atoms with Gasteiger partial charge in [0.15, 0.2) is 17.3 Å². The first-order valence-corrected chi connectivity index (χ1v) is 11.5. The van der Waals surface area contributed by atoms with E-state index in [4.69, 9.17) is 20.3 Å². The minimum absolute atomic E-state index is 0.197. The van der Waals surface area contributed by atoms with Gasteiger partial charge in [0, 0.05) is 24.2 Å². The summed E-state index contributed by atoms with van der Waals surface area (Å²) in [6.07, 6.45) is -0.287. The van der Waals surface area contributed by atoms with Gasteiger partial charge in [-0.3, -0.25) is 0 Å². The van der Waals surface area contributed by atoms with Gasteiger partial charge in [0.2, 0.25) is 5.95 Å². The Morgan fingerprint density at radius 2 is 1.53 bits per heavy atom. The van der Waals surface area contributed by atoms with Crippen molar-refractivity contribution >= 4 is 23.3 Å². The minimum Gasteiger partial charge on any atom is -0.493 e. The average Bonchev–Trinajstić information content (AvgIpc) is 2.93. The summed E-state index contributed by atoms with van der Waals surface area (Å²) in [5.74, 6) is 8.42. The molecule has 6 N–H and O–H groups in total. The van der Waals surface area contributed by atoms with Crippen LogP contribution < -0.4 is 31.4 Å². The second-order valence-electron chi connectivity index (χ2n) is 8.03. The third-order valence-corrected chi connectivity index (χ3v) is 5.65. The summed E-state index contributed by atoms with van der Waals surface area (Å²) >= 11 is 0. The number of rotatable bonds is 11. The molecule has 186 valence electrons. The monoisotopic (exact) mass is 486 g/mol. The number of hydrogen-bond acceptors (Lipinski definition) is 9. The van der Waals surface area contributed by atoms with Crippen LogP contribution >= 0.6 is 0 Å². The molecule has 1 aromatic heterocycles. The molecule has 9 heteroatoms. The predicted octanol–water partition coefficient (Wildman–Crippen LogP) is 4.26. The maximum Gasteiger partial charge on any atom is 0.231 e. The molecule has 3 aromatic carbocycles. The first-order chi connectivity index (χ1) is 17.6. The number of hydrazine groups is 1. The molecule has 1 unspecified atom stereocenters. The summed E-state index contributed by atoms with van der Waals surface area (Å²) in [4.78, 5) is 9.29. The van der Waals surface area contributed by atoms with Gasteiger partial charge in [0.25, 0.3) is 0 Å². The van der Waals surface area contributed by atoms with Crippen LogP contribution in [0, 0.1) is 0 Å². The van der Waals surface area contributed by atoms with Gasteiger partial charge >= 0.3 is 0 Å². The van der Waals surface area contributed by atoms with E-state index < -0.39 is 6.10 Å². The summed E-state index contributed by atoms with van der Waals surface area (Å²) in [6.45, 7) is 0.197. The Morgan fingerprint density at radius 3 is 2.19 bits per heavy atom. The van der Waals surface area contributed by atoms with Gasteiger partial charge in [-0.25, -0.2) is 5.84 Å². The maximum atomic E-state index is 10.9. The van der Waals surface area contributed by atoms with Crippen LogP contribution in [0.3, 0.4) is 0 Å². The maximum absolute atomic E-state index is 10.9. The lowest BCUT2D eigenvalue weighted by Crippen LogP contribution is -2.19. The molecule has 9 nitrogen and oxygen atoms in total. The molecule has 1 heterocycles. The van der Waals surface area contributed by atoms with Crippen LogP contribution in [0.4, 0.5) is 23.3 Å². The highest BCUT2D eigenvalue weighted by Crippen LogP contribution is 2.31. The van der Waals surface area contributed by atoms with Gasteiger partial charge in [-0.1, -0.05) is 54.6 Å². The number of ether oxygens (including phenoxy) is 2. The van der Waals surface area contributed by atoms with Gasteiger partial charge in [0.05, 0.1) is 20.3 Å². The topological polar surface area (TPSA) is 127 Å². The number of aliphatic hydroxyl groups is 1. The predicted molar refractivity (Wildman–Crippen MR) is 142 cm³/mol. The van der Waals surface area contributed by atoms with E-state index in [-0.39, 0.29) is 6.54 Å². The van der Waals surface area contributed by atoms with Gasteiger partial charge in [-0.2, -0.15) is 9.97 Å². The molecular formula is C27H30N6O3. The standard InChI is InChI=1S/C27H30N6O3/c1-35-23-14-13-19(16-24(23)36-2)22(34)17-29-25-21(15-18-9-5-3-6-10-18)26(33-28)32-27(31-25)30-20-11-7-4-8-12-20/h3-14,16,22,34H,15,17,28H2,1-2H3,(H3,29,30,31,32,33). The molecule has 0 aliphatic heterocycles. The highest BCUT2D eigenvalue weighted by atomic mass is 16.5. The van der Waals surface area contributed by atoms with E-state index >= 15 is 0 Å². The van der Waals surface area contributed by atoms with Crippen LogP contribution in [0.1, 0.15) is 22.8 Å². The van der Waals surface area contributed by atoms with Crippen molar-refractivity contribution in [2.45, 2.75) is 12.5 Å². The highest BCUT2D eigenvalue weighted by Gasteiger charge is 2.18. The summed E-state index contributed by atoms with van der Waals surface area (Å²) in [5, 5.41) is 17.4. The van der Waals surface area contributed by atoms with E-state index in [0.717, 1.165) is 16.8 Å². The van der Waals surface area contributed by atoms with Crippen molar-refractivity contribution in [3.8, 4) is 11.5 Å². The first-order valence-electron chi connectivity index (χ1n) is 11.5. The zero-order chi connectivity index (χ0) is 25.3. The molecule has 0 saturated heterocycles. The lowest BCUT2D eigenvalue weighted by atomic mass is 10.1. The number of methoxy groups -OCH3 is 2. The van der Waals surface area contributed by atoms with Gasteiger partial charge in [-0.15, -0.1) is 0 Å². The molecule has 0 saturated carbocycles. The number of hydrogen-bond donors (Lipinski definition) is 5. The fraction of sp³-hybridized carbons (Fsp3) is 0.185. The van der Waals surface area contributed by atoms with Crippen LogP contribution in [0.2, 0.25) is 0 Å². The molecule has 0 fully saturated rings. The van der Waals surface area contributed by atoms with E-state index in [1.165, 1.54) is 0 Å². The van der Waals surface area contributed by atoms with E-state index in [2.05, 4.69) is 21.0 Å². The molecule has 0 aliphatic carbocycles. The van der Waals surface area contributed by atoms with Crippen molar-refractivity contribution in [3.63, 3.8) is 0 Å². The quantitative estimate of drug-likeness (QED) is 0.156. The normalized spacial score (nSPS) is 11.4. The summed E-state index contributed by atoms with van der Waals surface area (Å²) < 4.78 is 10.7. The molecule has 0 bridgehead atoms. The molecule has 0 aliphatic rings. The Balaban J connectivity index is 1.63.